The van der Waals surface area contributed by atoms with Crippen LogP contribution in [0.1, 0.15) is 57.4 Å². The molecule has 0 radical (unpaired) electrons. The van der Waals surface area contributed by atoms with Crippen LogP contribution in [0.25, 0.3) is 0 Å². The zero-order valence-corrected chi connectivity index (χ0v) is 10.9. The molecule has 1 rings (SSSR count). The van der Waals surface area contributed by atoms with Gasteiger partial charge in [-0.05, 0) is 23.4 Å². The van der Waals surface area contributed by atoms with E-state index in [-0.39, 0.29) is 0 Å². The molecule has 17 heavy (non-hydrogen) atoms. The van der Waals surface area contributed by atoms with E-state index < -0.39 is 7.12 Å². The summed E-state index contributed by atoms with van der Waals surface area (Å²) in [7, 11) is -1.36. The largest absolute Gasteiger partial charge is 0.488 e. The smallest absolute Gasteiger partial charge is 0.423 e. The van der Waals surface area contributed by atoms with E-state index in [4.69, 9.17) is 10.0 Å². The molecule has 0 saturated carbocycles. The van der Waals surface area contributed by atoms with E-state index in [9.17, 15) is 0 Å². The molecule has 1 atom stereocenters. The van der Waals surface area contributed by atoms with E-state index in [1.807, 2.05) is 12.1 Å². The average Bonchev–Trinajstić information content (AvgIpc) is 2.34. The highest BCUT2D eigenvalue weighted by molar-refractivity contribution is 6.58. The van der Waals surface area contributed by atoms with Crippen LogP contribution < -0.4 is 5.46 Å². The van der Waals surface area contributed by atoms with Crippen LogP contribution in [0.4, 0.5) is 0 Å². The van der Waals surface area contributed by atoms with E-state index >= 15 is 0 Å². The molecule has 2 nitrogen and oxygen atoms in total. The first kappa shape index (κ1) is 14.3. The highest BCUT2D eigenvalue weighted by atomic mass is 16.4. The van der Waals surface area contributed by atoms with Crippen LogP contribution >= 0.6 is 0 Å². The molecule has 2 N–H and O–H groups in total. The second kappa shape index (κ2) is 7.52. The van der Waals surface area contributed by atoms with Crippen LogP contribution in [0.5, 0.6) is 0 Å². The van der Waals surface area contributed by atoms with Gasteiger partial charge in [0, 0.05) is 0 Å². The number of hydrogen-bond donors (Lipinski definition) is 2. The maximum Gasteiger partial charge on any atom is 0.488 e. The molecule has 0 amide bonds. The van der Waals surface area contributed by atoms with Crippen LogP contribution in [-0.4, -0.2) is 17.2 Å². The van der Waals surface area contributed by atoms with Gasteiger partial charge in [-0.25, -0.2) is 0 Å². The molecule has 1 aromatic carbocycles. The molecule has 1 aromatic rings. The van der Waals surface area contributed by atoms with Gasteiger partial charge in [-0.2, -0.15) is 0 Å². The second-order valence-electron chi connectivity index (χ2n) is 4.79. The fourth-order valence-corrected chi connectivity index (χ4v) is 2.04. The van der Waals surface area contributed by atoms with Crippen molar-refractivity contribution in [1.82, 2.24) is 0 Å². The highest BCUT2D eigenvalue weighted by Gasteiger charge is 2.11. The lowest BCUT2D eigenvalue weighted by Gasteiger charge is -2.12. The van der Waals surface area contributed by atoms with Crippen LogP contribution in [0.2, 0.25) is 0 Å². The summed E-state index contributed by atoms with van der Waals surface area (Å²) in [5, 5.41) is 18.0. The first-order valence-electron chi connectivity index (χ1n) is 6.61. The molecular formula is C14H23BO2. The van der Waals surface area contributed by atoms with Gasteiger partial charge in [-0.15, -0.1) is 0 Å². The van der Waals surface area contributed by atoms with Gasteiger partial charge >= 0.3 is 7.12 Å². The Bertz CT molecular complexity index is 309. The van der Waals surface area contributed by atoms with Gasteiger partial charge < -0.3 is 10.0 Å². The van der Waals surface area contributed by atoms with Crippen molar-refractivity contribution >= 4 is 12.6 Å². The van der Waals surface area contributed by atoms with Crippen molar-refractivity contribution in [1.29, 1.82) is 0 Å². The summed E-state index contributed by atoms with van der Waals surface area (Å²) < 4.78 is 0. The number of rotatable bonds is 7. The normalized spacial score (nSPS) is 12.5. The minimum atomic E-state index is -1.36. The van der Waals surface area contributed by atoms with Gasteiger partial charge in [0.25, 0.3) is 0 Å². The Labute approximate surface area is 105 Å². The van der Waals surface area contributed by atoms with Crippen molar-refractivity contribution in [3.05, 3.63) is 29.8 Å². The topological polar surface area (TPSA) is 40.5 Å². The van der Waals surface area contributed by atoms with Crippen LogP contribution in [0.15, 0.2) is 24.3 Å². The zero-order valence-electron chi connectivity index (χ0n) is 10.9. The Morgan fingerprint density at radius 2 is 1.71 bits per heavy atom. The minimum absolute atomic E-state index is 0.553. The molecule has 94 valence electrons. The predicted molar refractivity (Wildman–Crippen MR) is 73.4 cm³/mol. The Morgan fingerprint density at radius 1 is 1.06 bits per heavy atom. The van der Waals surface area contributed by atoms with Crippen molar-refractivity contribution in [3.63, 3.8) is 0 Å². The van der Waals surface area contributed by atoms with Crippen LogP contribution in [0.3, 0.4) is 0 Å². The molecule has 0 aliphatic heterocycles. The number of unbranched alkanes of at least 4 members (excludes halogenated alkanes) is 3. The van der Waals surface area contributed by atoms with Crippen molar-refractivity contribution in [2.24, 2.45) is 0 Å². The van der Waals surface area contributed by atoms with Gasteiger partial charge in [-0.1, -0.05) is 63.8 Å². The minimum Gasteiger partial charge on any atom is -0.423 e. The summed E-state index contributed by atoms with van der Waals surface area (Å²) >= 11 is 0. The molecule has 0 aliphatic rings. The van der Waals surface area contributed by atoms with E-state index in [0.717, 1.165) is 0 Å². The third-order valence-corrected chi connectivity index (χ3v) is 3.29. The van der Waals surface area contributed by atoms with E-state index in [1.165, 1.54) is 37.7 Å². The van der Waals surface area contributed by atoms with E-state index in [0.29, 0.717) is 11.4 Å². The summed E-state index contributed by atoms with van der Waals surface area (Å²) in [4.78, 5) is 0. The maximum absolute atomic E-state index is 9.01. The van der Waals surface area contributed by atoms with Gasteiger partial charge in [0.05, 0.1) is 0 Å². The Kier molecular flexibility index (Phi) is 6.31. The lowest BCUT2D eigenvalue weighted by molar-refractivity contribution is 0.426. The van der Waals surface area contributed by atoms with Crippen LogP contribution in [-0.2, 0) is 0 Å². The summed E-state index contributed by atoms with van der Waals surface area (Å²) in [5.41, 5.74) is 1.85. The van der Waals surface area contributed by atoms with Gasteiger partial charge in [0.1, 0.15) is 0 Å². The maximum atomic E-state index is 9.01. The fraction of sp³-hybridized carbons (Fsp3) is 0.571. The second-order valence-corrected chi connectivity index (χ2v) is 4.79. The molecule has 1 unspecified atom stereocenters. The third-order valence-electron chi connectivity index (χ3n) is 3.29. The fourth-order valence-electron chi connectivity index (χ4n) is 2.04. The molecule has 0 bridgehead atoms. The third kappa shape index (κ3) is 4.92. The van der Waals surface area contributed by atoms with Crippen molar-refractivity contribution in [2.75, 3.05) is 0 Å². The molecule has 0 spiro atoms. The molecule has 0 aromatic heterocycles. The SMILES string of the molecule is CCCCCCC(C)c1ccc(B(O)O)cc1. The predicted octanol–water partition coefficient (Wildman–Crippen LogP) is 2.44. The Balaban J connectivity index is 2.43. The van der Waals surface area contributed by atoms with Crippen molar-refractivity contribution < 1.29 is 10.0 Å². The first-order valence-corrected chi connectivity index (χ1v) is 6.61. The molecule has 3 heteroatoms. The molecule has 0 aliphatic carbocycles. The highest BCUT2D eigenvalue weighted by Crippen LogP contribution is 2.21. The van der Waals surface area contributed by atoms with Crippen LogP contribution in [0, 0.1) is 0 Å². The van der Waals surface area contributed by atoms with Gasteiger partial charge in [0.15, 0.2) is 0 Å². The monoisotopic (exact) mass is 234 g/mol. The van der Waals surface area contributed by atoms with E-state index in [2.05, 4.69) is 13.8 Å². The van der Waals surface area contributed by atoms with Crippen molar-refractivity contribution in [3.8, 4) is 0 Å². The summed E-state index contributed by atoms with van der Waals surface area (Å²) in [5.74, 6) is 0.553. The Hall–Kier alpha value is -0.795. The lowest BCUT2D eigenvalue weighted by Crippen LogP contribution is -2.29. The Morgan fingerprint density at radius 3 is 2.24 bits per heavy atom. The number of benzene rings is 1. The number of hydrogen-bond acceptors (Lipinski definition) is 2. The molecule has 0 saturated heterocycles. The zero-order chi connectivity index (χ0) is 12.7. The van der Waals surface area contributed by atoms with Gasteiger partial charge in [0.2, 0.25) is 0 Å². The lowest BCUT2D eigenvalue weighted by atomic mass is 9.79. The summed E-state index contributed by atoms with van der Waals surface area (Å²) in [6.45, 7) is 4.46. The summed E-state index contributed by atoms with van der Waals surface area (Å²) in [6.07, 6.45) is 6.40. The quantitative estimate of drug-likeness (QED) is 0.562. The first-order chi connectivity index (χ1) is 8.15. The molecular weight excluding hydrogens is 211 g/mol. The average molecular weight is 234 g/mol. The molecule has 0 heterocycles. The molecule has 0 fully saturated rings. The van der Waals surface area contributed by atoms with Gasteiger partial charge in [-0.3, -0.25) is 0 Å². The standard InChI is InChI=1S/C14H23BO2/c1-3-4-5-6-7-12(2)13-8-10-14(11-9-13)15(16)17/h8-12,16-17H,3-7H2,1-2H3. The van der Waals surface area contributed by atoms with E-state index in [1.54, 1.807) is 12.1 Å². The summed E-state index contributed by atoms with van der Waals surface area (Å²) in [6, 6.07) is 7.59. The van der Waals surface area contributed by atoms with Crippen molar-refractivity contribution in [2.45, 2.75) is 51.9 Å².